The van der Waals surface area contributed by atoms with Crippen molar-refractivity contribution < 1.29 is 9.59 Å². The maximum absolute atomic E-state index is 12.2. The van der Waals surface area contributed by atoms with Crippen molar-refractivity contribution in [1.29, 1.82) is 5.26 Å². The van der Waals surface area contributed by atoms with Crippen LogP contribution in [0.2, 0.25) is 0 Å². The van der Waals surface area contributed by atoms with Crippen LogP contribution in [0.15, 0.2) is 24.3 Å². The minimum absolute atomic E-state index is 0.0413. The van der Waals surface area contributed by atoms with Gasteiger partial charge in [0.1, 0.15) is 6.42 Å². The zero-order valence-electron chi connectivity index (χ0n) is 11.3. The zero-order chi connectivity index (χ0) is 14.4. The Labute approximate surface area is 118 Å². The van der Waals surface area contributed by atoms with E-state index in [9.17, 15) is 9.59 Å². The third-order valence-corrected chi connectivity index (χ3v) is 3.30. The molecule has 0 radical (unpaired) electrons. The molecule has 2 rings (SSSR count). The first-order valence-corrected chi connectivity index (χ1v) is 6.77. The number of nitriles is 1. The molecule has 0 saturated carbocycles. The maximum atomic E-state index is 12.2. The van der Waals surface area contributed by atoms with E-state index in [0.29, 0.717) is 11.3 Å². The van der Waals surface area contributed by atoms with Crippen molar-refractivity contribution in [2.75, 3.05) is 18.4 Å². The number of carbonyl (C=O) groups excluding carboxylic acids is 2. The highest BCUT2D eigenvalue weighted by molar-refractivity contribution is 5.96. The van der Waals surface area contributed by atoms with Gasteiger partial charge < -0.3 is 10.2 Å². The SMILES string of the molecule is N#CCC(=O)Nc1ccc(C(=O)N2CCCCC2)cc1. The standard InChI is InChI=1S/C15H17N3O2/c16-9-8-14(19)17-13-6-4-12(5-7-13)15(20)18-10-2-1-3-11-18/h4-7H,1-3,8,10-11H2,(H,17,19). The van der Waals surface area contributed by atoms with E-state index >= 15 is 0 Å². The predicted octanol–water partition coefficient (Wildman–Crippen LogP) is 2.16. The van der Waals surface area contributed by atoms with Crippen LogP contribution in [0.25, 0.3) is 0 Å². The van der Waals surface area contributed by atoms with Gasteiger partial charge in [-0.25, -0.2) is 0 Å². The summed E-state index contributed by atoms with van der Waals surface area (Å²) in [7, 11) is 0. The summed E-state index contributed by atoms with van der Waals surface area (Å²) in [6.45, 7) is 1.64. The Bertz CT molecular complexity index is 525. The van der Waals surface area contributed by atoms with E-state index in [-0.39, 0.29) is 18.2 Å². The minimum Gasteiger partial charge on any atom is -0.339 e. The molecule has 20 heavy (non-hydrogen) atoms. The van der Waals surface area contributed by atoms with E-state index in [2.05, 4.69) is 5.32 Å². The van der Waals surface area contributed by atoms with E-state index < -0.39 is 0 Å². The molecule has 1 fully saturated rings. The Hall–Kier alpha value is -2.35. The quantitative estimate of drug-likeness (QED) is 0.915. The first-order chi connectivity index (χ1) is 9.70. The summed E-state index contributed by atoms with van der Waals surface area (Å²) in [5.74, 6) is -0.304. The number of nitrogens with one attached hydrogen (secondary N) is 1. The van der Waals surface area contributed by atoms with Crippen LogP contribution in [0.4, 0.5) is 5.69 Å². The predicted molar refractivity (Wildman–Crippen MR) is 75.1 cm³/mol. The lowest BCUT2D eigenvalue weighted by atomic mass is 10.1. The number of piperidine rings is 1. The summed E-state index contributed by atoms with van der Waals surface area (Å²) >= 11 is 0. The number of amides is 2. The van der Waals surface area contributed by atoms with Crippen LogP contribution >= 0.6 is 0 Å². The molecule has 1 aliphatic rings. The molecule has 5 heteroatoms. The zero-order valence-corrected chi connectivity index (χ0v) is 11.3. The number of rotatable bonds is 3. The summed E-state index contributed by atoms with van der Waals surface area (Å²) in [6.07, 6.45) is 3.14. The van der Waals surface area contributed by atoms with Crippen molar-refractivity contribution >= 4 is 17.5 Å². The maximum Gasteiger partial charge on any atom is 0.253 e. The second-order valence-electron chi connectivity index (χ2n) is 4.81. The third-order valence-electron chi connectivity index (χ3n) is 3.30. The number of anilines is 1. The van der Waals surface area contributed by atoms with Crippen molar-refractivity contribution in [2.24, 2.45) is 0 Å². The number of likely N-dealkylation sites (tertiary alicyclic amines) is 1. The smallest absolute Gasteiger partial charge is 0.253 e. The van der Waals surface area contributed by atoms with Gasteiger partial charge in [-0.15, -0.1) is 0 Å². The van der Waals surface area contributed by atoms with Gasteiger partial charge in [0, 0.05) is 24.3 Å². The van der Waals surface area contributed by atoms with E-state index in [1.807, 2.05) is 4.90 Å². The Balaban J connectivity index is 1.98. The number of benzene rings is 1. The van der Waals surface area contributed by atoms with Gasteiger partial charge in [-0.05, 0) is 43.5 Å². The summed E-state index contributed by atoms with van der Waals surface area (Å²) in [5.41, 5.74) is 1.23. The van der Waals surface area contributed by atoms with Crippen molar-refractivity contribution in [3.05, 3.63) is 29.8 Å². The first-order valence-electron chi connectivity index (χ1n) is 6.77. The van der Waals surface area contributed by atoms with Crippen LogP contribution < -0.4 is 5.32 Å². The lowest BCUT2D eigenvalue weighted by Gasteiger charge is -2.26. The van der Waals surface area contributed by atoms with Gasteiger partial charge in [-0.3, -0.25) is 9.59 Å². The molecule has 0 spiro atoms. The van der Waals surface area contributed by atoms with E-state index in [1.54, 1.807) is 30.3 Å². The molecule has 0 aliphatic carbocycles. The highest BCUT2D eigenvalue weighted by Gasteiger charge is 2.17. The van der Waals surface area contributed by atoms with Crippen molar-refractivity contribution in [3.8, 4) is 6.07 Å². The molecule has 2 amide bonds. The average Bonchev–Trinajstić information content (AvgIpc) is 2.48. The summed E-state index contributed by atoms with van der Waals surface area (Å²) in [6, 6.07) is 8.58. The Kier molecular flexibility index (Phi) is 4.72. The number of hydrogen-bond acceptors (Lipinski definition) is 3. The molecule has 1 heterocycles. The van der Waals surface area contributed by atoms with Crippen LogP contribution in [0, 0.1) is 11.3 Å². The molecule has 1 aromatic rings. The molecule has 0 bridgehead atoms. The average molecular weight is 271 g/mol. The van der Waals surface area contributed by atoms with Crippen molar-refractivity contribution in [2.45, 2.75) is 25.7 Å². The molecule has 0 unspecified atom stereocenters. The molecular formula is C15H17N3O2. The summed E-state index contributed by atoms with van der Waals surface area (Å²) in [4.78, 5) is 25.4. The normalized spacial score (nSPS) is 14.4. The Morgan fingerprint density at radius 3 is 2.40 bits per heavy atom. The minimum atomic E-state index is -0.345. The molecule has 1 aliphatic heterocycles. The lowest BCUT2D eigenvalue weighted by Crippen LogP contribution is -2.35. The topological polar surface area (TPSA) is 73.2 Å². The molecule has 1 saturated heterocycles. The number of carbonyl (C=O) groups is 2. The summed E-state index contributed by atoms with van der Waals surface area (Å²) < 4.78 is 0. The van der Waals surface area contributed by atoms with Gasteiger partial charge in [0.2, 0.25) is 5.91 Å². The molecule has 0 atom stereocenters. The van der Waals surface area contributed by atoms with E-state index in [1.165, 1.54) is 6.42 Å². The fourth-order valence-electron chi connectivity index (χ4n) is 2.25. The van der Waals surface area contributed by atoms with Crippen LogP contribution in [0.5, 0.6) is 0 Å². The van der Waals surface area contributed by atoms with Crippen LogP contribution in [-0.4, -0.2) is 29.8 Å². The Morgan fingerprint density at radius 1 is 1.15 bits per heavy atom. The van der Waals surface area contributed by atoms with Gasteiger partial charge in [-0.1, -0.05) is 0 Å². The second-order valence-corrected chi connectivity index (χ2v) is 4.81. The molecule has 1 N–H and O–H groups in total. The van der Waals surface area contributed by atoms with Gasteiger partial charge in [0.15, 0.2) is 0 Å². The van der Waals surface area contributed by atoms with Gasteiger partial charge in [0.25, 0.3) is 5.91 Å². The van der Waals surface area contributed by atoms with E-state index in [4.69, 9.17) is 5.26 Å². The lowest BCUT2D eigenvalue weighted by molar-refractivity contribution is -0.115. The van der Waals surface area contributed by atoms with Crippen LogP contribution in [-0.2, 0) is 4.79 Å². The van der Waals surface area contributed by atoms with Crippen molar-refractivity contribution in [3.63, 3.8) is 0 Å². The Morgan fingerprint density at radius 2 is 1.80 bits per heavy atom. The largest absolute Gasteiger partial charge is 0.339 e. The van der Waals surface area contributed by atoms with E-state index in [0.717, 1.165) is 25.9 Å². The fourth-order valence-corrected chi connectivity index (χ4v) is 2.25. The molecule has 5 nitrogen and oxygen atoms in total. The summed E-state index contributed by atoms with van der Waals surface area (Å²) in [5, 5.41) is 11.0. The molecule has 0 aromatic heterocycles. The van der Waals surface area contributed by atoms with Crippen LogP contribution in [0.1, 0.15) is 36.0 Å². The number of nitrogens with zero attached hydrogens (tertiary/aromatic N) is 2. The monoisotopic (exact) mass is 271 g/mol. The van der Waals surface area contributed by atoms with Gasteiger partial charge in [0.05, 0.1) is 6.07 Å². The van der Waals surface area contributed by atoms with Crippen LogP contribution in [0.3, 0.4) is 0 Å². The highest BCUT2D eigenvalue weighted by Crippen LogP contribution is 2.15. The van der Waals surface area contributed by atoms with Gasteiger partial charge >= 0.3 is 0 Å². The first kappa shape index (κ1) is 14.1. The third kappa shape index (κ3) is 3.58. The molecule has 1 aromatic carbocycles. The molecule has 104 valence electrons. The highest BCUT2D eigenvalue weighted by atomic mass is 16.2. The second kappa shape index (κ2) is 6.71. The van der Waals surface area contributed by atoms with Crippen molar-refractivity contribution in [1.82, 2.24) is 4.90 Å². The fraction of sp³-hybridized carbons (Fsp3) is 0.400. The molecular weight excluding hydrogens is 254 g/mol. The van der Waals surface area contributed by atoms with Gasteiger partial charge in [-0.2, -0.15) is 5.26 Å². The number of hydrogen-bond donors (Lipinski definition) is 1.